The molecule has 174 valence electrons. The number of hydrogen-bond donors (Lipinski definition) is 3. The molecule has 0 unspecified atom stereocenters. The number of benzene rings is 1. The summed E-state index contributed by atoms with van der Waals surface area (Å²) in [4.78, 5) is 20.1. The maximum Gasteiger partial charge on any atom is 0.315 e. The number of carbonyl (C=O) groups is 1. The molecular weight excluding hydrogens is 418 g/mol. The number of halogens is 2. The molecule has 0 fully saturated rings. The van der Waals surface area contributed by atoms with Gasteiger partial charge in [-0.3, -0.25) is 9.18 Å². The number of pyridine rings is 1. The van der Waals surface area contributed by atoms with Crippen LogP contribution >= 0.6 is 0 Å². The topological polar surface area (TPSA) is 133 Å². The first-order valence-corrected chi connectivity index (χ1v) is 9.95. The number of aromatic nitrogens is 3. The highest BCUT2D eigenvalue weighted by molar-refractivity contribution is 5.89. The molecule has 2 heterocycles. The molecule has 0 spiro atoms. The third kappa shape index (κ3) is 6.47. The molecular formula is C22H30F2N6O2. The van der Waals surface area contributed by atoms with E-state index in [4.69, 9.17) is 16.0 Å². The minimum atomic E-state index is -0.572. The third-order valence-electron chi connectivity index (χ3n) is 4.12. The highest BCUT2D eigenvalue weighted by atomic mass is 19.1. The second-order valence-corrected chi connectivity index (χ2v) is 7.32. The largest absolute Gasteiger partial charge is 0.395 e. The van der Waals surface area contributed by atoms with E-state index in [1.807, 2.05) is 34.6 Å². The Hall–Kier alpha value is -3.56. The number of amides is 1. The van der Waals surface area contributed by atoms with Gasteiger partial charge in [0, 0.05) is 29.3 Å². The van der Waals surface area contributed by atoms with Crippen molar-refractivity contribution in [1.29, 1.82) is 0 Å². The molecule has 8 nitrogen and oxygen atoms in total. The average Bonchev–Trinajstić information content (AvgIpc) is 3.29. The Kier molecular flexibility index (Phi) is 9.70. The fraction of sp³-hybridized carbons (Fsp3) is 0.364. The minimum absolute atomic E-state index is 0.0356. The summed E-state index contributed by atoms with van der Waals surface area (Å²) in [6.07, 6.45) is 1.50. The fourth-order valence-electron chi connectivity index (χ4n) is 2.47. The highest BCUT2D eigenvalue weighted by Crippen LogP contribution is 2.29. The zero-order valence-electron chi connectivity index (χ0n) is 19.2. The van der Waals surface area contributed by atoms with Crippen molar-refractivity contribution >= 4 is 17.4 Å². The van der Waals surface area contributed by atoms with Gasteiger partial charge in [-0.2, -0.15) is 4.98 Å². The van der Waals surface area contributed by atoms with Crippen LogP contribution in [0.4, 0.5) is 20.3 Å². The number of carbonyl (C=O) groups excluding carboxylic acids is 1. The minimum Gasteiger partial charge on any atom is -0.395 e. The van der Waals surface area contributed by atoms with Crippen molar-refractivity contribution < 1.29 is 18.1 Å². The smallest absolute Gasteiger partial charge is 0.315 e. The van der Waals surface area contributed by atoms with Crippen molar-refractivity contribution in [2.75, 3.05) is 18.6 Å². The van der Waals surface area contributed by atoms with Crippen LogP contribution in [0.2, 0.25) is 0 Å². The molecule has 3 aromatic rings. The lowest BCUT2D eigenvalue weighted by atomic mass is 9.96. The number of nitrogens with zero attached hydrogens (tertiary/aromatic N) is 3. The van der Waals surface area contributed by atoms with E-state index in [1.54, 1.807) is 18.2 Å². The van der Waals surface area contributed by atoms with E-state index in [2.05, 4.69) is 20.4 Å². The van der Waals surface area contributed by atoms with Gasteiger partial charge >= 0.3 is 11.8 Å². The number of nitrogen functional groups attached to an aromatic ring is 2. The van der Waals surface area contributed by atoms with Crippen LogP contribution in [0, 0.1) is 5.82 Å². The molecule has 0 aliphatic rings. The summed E-state index contributed by atoms with van der Waals surface area (Å²) in [5, 5.41) is 6.36. The molecule has 32 heavy (non-hydrogen) atoms. The van der Waals surface area contributed by atoms with Gasteiger partial charge in [0.25, 0.3) is 0 Å². The Morgan fingerprint density at radius 1 is 1.16 bits per heavy atom. The van der Waals surface area contributed by atoms with Crippen molar-refractivity contribution in [3.63, 3.8) is 0 Å². The molecule has 10 heteroatoms. The van der Waals surface area contributed by atoms with Gasteiger partial charge < -0.3 is 21.3 Å². The molecule has 2 aromatic heterocycles. The molecule has 3 rings (SSSR count). The van der Waals surface area contributed by atoms with Crippen LogP contribution in [-0.2, 0) is 12.0 Å². The van der Waals surface area contributed by atoms with Gasteiger partial charge in [-0.05, 0) is 17.7 Å². The number of nitrogens with two attached hydrogens (primary N) is 2. The van der Waals surface area contributed by atoms with Gasteiger partial charge in [-0.25, -0.2) is 9.37 Å². The van der Waals surface area contributed by atoms with Gasteiger partial charge in [0.2, 0.25) is 0 Å². The quantitative estimate of drug-likeness (QED) is 0.543. The van der Waals surface area contributed by atoms with Crippen molar-refractivity contribution in [1.82, 2.24) is 20.4 Å². The molecule has 0 aliphatic heterocycles. The fourth-order valence-corrected chi connectivity index (χ4v) is 2.47. The van der Waals surface area contributed by atoms with Crippen LogP contribution in [0.25, 0.3) is 11.1 Å². The van der Waals surface area contributed by atoms with E-state index in [0.29, 0.717) is 29.7 Å². The monoisotopic (exact) mass is 448 g/mol. The van der Waals surface area contributed by atoms with Crippen LogP contribution in [0.1, 0.15) is 56.7 Å². The molecule has 0 saturated carbocycles. The molecule has 0 bridgehead atoms. The molecule has 0 radical (unpaired) electrons. The maximum absolute atomic E-state index is 14.5. The van der Waals surface area contributed by atoms with Crippen molar-refractivity contribution in [2.45, 2.75) is 46.6 Å². The van der Waals surface area contributed by atoms with Crippen LogP contribution in [0.5, 0.6) is 0 Å². The summed E-state index contributed by atoms with van der Waals surface area (Å²) in [7, 11) is 0.500. The maximum atomic E-state index is 14.5. The van der Waals surface area contributed by atoms with Gasteiger partial charge in [0.15, 0.2) is 5.82 Å². The summed E-state index contributed by atoms with van der Waals surface area (Å²) in [5.74, 6) is -0.626. The Morgan fingerprint density at radius 2 is 1.81 bits per heavy atom. The molecule has 1 amide bonds. The van der Waals surface area contributed by atoms with Crippen molar-refractivity contribution in [2.24, 2.45) is 0 Å². The molecule has 0 saturated heterocycles. The van der Waals surface area contributed by atoms with Crippen LogP contribution < -0.4 is 16.8 Å². The second-order valence-electron chi connectivity index (χ2n) is 7.32. The van der Waals surface area contributed by atoms with Crippen LogP contribution in [0.3, 0.4) is 0 Å². The zero-order valence-corrected chi connectivity index (χ0v) is 19.2. The summed E-state index contributed by atoms with van der Waals surface area (Å²) >= 11 is 0. The molecule has 5 N–H and O–H groups in total. The SMILES string of the molecule is CC.CC(C)(C)c1noc(C(=O)NCc2ccc(-c3ccnc(N)c3N)cc2F)n1.CF. The predicted octanol–water partition coefficient (Wildman–Crippen LogP) is 4.27. The standard InChI is InChI=1S/C19H21FN6O2.C2H6.CH3F/c1-19(2,3)18-25-17(28-26-18)16(27)24-9-11-5-4-10(8-13(11)20)12-6-7-23-15(22)14(12)21;2*1-2/h4-8H,9,21H2,1-3H3,(H2,22,23)(H,24,27);1-2H3;1H3. The van der Waals surface area contributed by atoms with Crippen molar-refractivity contribution in [3.05, 3.63) is 53.6 Å². The second kappa shape index (κ2) is 11.7. The number of hydrogen-bond acceptors (Lipinski definition) is 7. The van der Waals surface area contributed by atoms with Gasteiger partial charge in [-0.1, -0.05) is 51.9 Å². The first-order valence-electron chi connectivity index (χ1n) is 9.95. The lowest BCUT2D eigenvalue weighted by Gasteiger charge is -2.11. The highest BCUT2D eigenvalue weighted by Gasteiger charge is 2.23. The first-order chi connectivity index (χ1) is 15.2. The number of nitrogens with one attached hydrogen (secondary N) is 1. The van der Waals surface area contributed by atoms with E-state index < -0.39 is 11.7 Å². The summed E-state index contributed by atoms with van der Waals surface area (Å²) in [5.41, 5.74) is 13.0. The third-order valence-corrected chi connectivity index (χ3v) is 4.12. The first kappa shape index (κ1) is 26.5. The number of rotatable bonds is 4. The van der Waals surface area contributed by atoms with Crippen molar-refractivity contribution in [3.8, 4) is 11.1 Å². The van der Waals surface area contributed by atoms with E-state index >= 15 is 0 Å². The zero-order chi connectivity index (χ0) is 24.5. The molecule has 0 atom stereocenters. The Morgan fingerprint density at radius 3 is 2.38 bits per heavy atom. The summed E-state index contributed by atoms with van der Waals surface area (Å²) in [6, 6.07) is 6.25. The Labute approximate surface area is 186 Å². The average molecular weight is 449 g/mol. The van der Waals surface area contributed by atoms with Gasteiger partial charge in [0.05, 0.1) is 12.9 Å². The van der Waals surface area contributed by atoms with Gasteiger partial charge in [-0.15, -0.1) is 0 Å². The molecule has 0 aliphatic carbocycles. The lowest BCUT2D eigenvalue weighted by Crippen LogP contribution is -2.24. The number of alkyl halides is 1. The Bertz CT molecular complexity index is 1030. The predicted molar refractivity (Wildman–Crippen MR) is 121 cm³/mol. The Balaban J connectivity index is 0.00000121. The summed E-state index contributed by atoms with van der Waals surface area (Å²) in [6.45, 7) is 9.67. The van der Waals surface area contributed by atoms with Gasteiger partial charge in [0.1, 0.15) is 11.6 Å². The van der Waals surface area contributed by atoms with E-state index in [0.717, 1.165) is 0 Å². The lowest BCUT2D eigenvalue weighted by molar-refractivity contribution is 0.0906. The summed E-state index contributed by atoms with van der Waals surface area (Å²) < 4.78 is 29.0. The van der Waals surface area contributed by atoms with Crippen LogP contribution in [0.15, 0.2) is 35.0 Å². The van der Waals surface area contributed by atoms with Crippen LogP contribution in [-0.4, -0.2) is 28.2 Å². The molecule has 1 aromatic carbocycles. The number of anilines is 2. The van der Waals surface area contributed by atoms with E-state index in [-0.39, 0.29) is 29.4 Å². The normalized spacial score (nSPS) is 10.4. The van der Waals surface area contributed by atoms with E-state index in [9.17, 15) is 13.6 Å². The van der Waals surface area contributed by atoms with E-state index in [1.165, 1.54) is 12.3 Å².